The maximum absolute atomic E-state index is 12.7. The minimum absolute atomic E-state index is 0.0194. The van der Waals surface area contributed by atoms with Gasteiger partial charge in [0.2, 0.25) is 0 Å². The van der Waals surface area contributed by atoms with Crippen LogP contribution in [-0.2, 0) is 19.0 Å². The minimum Gasteiger partial charge on any atom is -0.349 e. The molecule has 126 valence electrons. The number of hydrogen-bond donors (Lipinski definition) is 1. The minimum atomic E-state index is -4.51. The van der Waals surface area contributed by atoms with Crippen LogP contribution in [0.15, 0.2) is 36.4 Å². The molecule has 0 aliphatic heterocycles. The Kier molecular flexibility index (Phi) is 4.30. The van der Waals surface area contributed by atoms with Crippen molar-refractivity contribution in [2.75, 3.05) is 0 Å². The Hall–Kier alpha value is -2.37. The van der Waals surface area contributed by atoms with Gasteiger partial charge in [-0.1, -0.05) is 24.3 Å². The summed E-state index contributed by atoms with van der Waals surface area (Å²) >= 11 is 0. The van der Waals surface area contributed by atoms with E-state index in [1.807, 2.05) is 18.2 Å². The molecule has 0 fully saturated rings. The maximum atomic E-state index is 12.7. The van der Waals surface area contributed by atoms with Gasteiger partial charge in [-0.25, -0.2) is 4.98 Å². The van der Waals surface area contributed by atoms with E-state index < -0.39 is 11.9 Å². The van der Waals surface area contributed by atoms with Gasteiger partial charge in [-0.15, -0.1) is 0 Å². The third kappa shape index (κ3) is 3.42. The lowest BCUT2D eigenvalue weighted by Gasteiger charge is -2.25. The summed E-state index contributed by atoms with van der Waals surface area (Å²) in [5.41, 5.74) is 1.77. The molecular formula is C18H17F3N2O. The van der Waals surface area contributed by atoms with Crippen LogP contribution in [0, 0.1) is 6.92 Å². The molecule has 3 nitrogen and oxygen atoms in total. The number of aryl methyl sites for hydroxylation is 2. The number of carbonyl (C=O) groups excluding carboxylic acids is 1. The lowest BCUT2D eigenvalue weighted by molar-refractivity contribution is -0.141. The highest BCUT2D eigenvalue weighted by Gasteiger charge is 2.33. The van der Waals surface area contributed by atoms with Crippen molar-refractivity contribution in [1.82, 2.24) is 10.3 Å². The van der Waals surface area contributed by atoms with E-state index in [-0.39, 0.29) is 23.2 Å². The fraction of sp³-hybridized carbons (Fsp3) is 0.333. The van der Waals surface area contributed by atoms with E-state index in [1.54, 1.807) is 0 Å². The number of halogens is 3. The van der Waals surface area contributed by atoms with Gasteiger partial charge in [-0.2, -0.15) is 13.2 Å². The predicted molar refractivity (Wildman–Crippen MR) is 83.7 cm³/mol. The Morgan fingerprint density at radius 2 is 1.88 bits per heavy atom. The van der Waals surface area contributed by atoms with Crippen molar-refractivity contribution in [2.45, 2.75) is 38.4 Å². The molecular weight excluding hydrogens is 317 g/mol. The van der Waals surface area contributed by atoms with Gasteiger partial charge in [0.25, 0.3) is 5.91 Å². The second-order valence-corrected chi connectivity index (χ2v) is 6.01. The van der Waals surface area contributed by atoms with Gasteiger partial charge >= 0.3 is 6.18 Å². The first-order valence-electron chi connectivity index (χ1n) is 7.77. The van der Waals surface area contributed by atoms with Gasteiger partial charge in [0.15, 0.2) is 0 Å². The first-order chi connectivity index (χ1) is 11.3. The fourth-order valence-electron chi connectivity index (χ4n) is 3.04. The summed E-state index contributed by atoms with van der Waals surface area (Å²) in [7, 11) is 0. The summed E-state index contributed by atoms with van der Waals surface area (Å²) in [4.78, 5) is 15.9. The molecule has 1 atom stereocenters. The van der Waals surface area contributed by atoms with Gasteiger partial charge in [-0.3, -0.25) is 4.79 Å². The van der Waals surface area contributed by atoms with Crippen molar-refractivity contribution < 1.29 is 18.0 Å². The highest BCUT2D eigenvalue weighted by Crippen LogP contribution is 2.28. The smallest absolute Gasteiger partial charge is 0.349 e. The predicted octanol–water partition coefficient (Wildman–Crippen LogP) is 3.70. The highest BCUT2D eigenvalue weighted by atomic mass is 19.4. The molecule has 0 saturated carbocycles. The van der Waals surface area contributed by atoms with E-state index in [2.05, 4.69) is 16.4 Å². The molecule has 1 unspecified atom stereocenters. The number of nitrogens with one attached hydrogen (secondary N) is 1. The molecule has 3 rings (SSSR count). The van der Waals surface area contributed by atoms with Gasteiger partial charge in [-0.05, 0) is 49.4 Å². The van der Waals surface area contributed by atoms with Crippen molar-refractivity contribution >= 4 is 5.91 Å². The first-order valence-corrected chi connectivity index (χ1v) is 7.77. The number of pyridine rings is 1. The number of alkyl halides is 3. The largest absolute Gasteiger partial charge is 0.433 e. The highest BCUT2D eigenvalue weighted by molar-refractivity contribution is 5.95. The zero-order valence-corrected chi connectivity index (χ0v) is 13.2. The van der Waals surface area contributed by atoms with E-state index in [4.69, 9.17) is 0 Å². The number of benzene rings is 1. The molecule has 0 radical (unpaired) electrons. The van der Waals surface area contributed by atoms with Gasteiger partial charge in [0.1, 0.15) is 5.69 Å². The number of nitrogens with zero attached hydrogens (tertiary/aromatic N) is 1. The number of amides is 1. The van der Waals surface area contributed by atoms with Crippen LogP contribution in [0.2, 0.25) is 0 Å². The average Bonchev–Trinajstić information content (AvgIpc) is 2.53. The number of carbonyl (C=O) groups is 1. The fourth-order valence-corrected chi connectivity index (χ4v) is 3.04. The molecule has 0 saturated heterocycles. The zero-order chi connectivity index (χ0) is 17.3. The number of hydrogen-bond acceptors (Lipinski definition) is 2. The van der Waals surface area contributed by atoms with Crippen LogP contribution in [0.3, 0.4) is 0 Å². The molecule has 6 heteroatoms. The van der Waals surface area contributed by atoms with Crippen molar-refractivity contribution in [2.24, 2.45) is 0 Å². The SMILES string of the molecule is Cc1nc(C(F)(F)F)ccc1C(=O)NC1CCc2ccccc2C1. The van der Waals surface area contributed by atoms with E-state index in [0.29, 0.717) is 0 Å². The molecule has 2 aromatic rings. The standard InChI is InChI=1S/C18H17F3N2O/c1-11-15(8-9-16(22-11)18(19,20)21)17(24)23-14-7-6-12-4-2-3-5-13(12)10-14/h2-5,8-9,14H,6-7,10H2,1H3,(H,23,24). The van der Waals surface area contributed by atoms with Crippen LogP contribution in [0.4, 0.5) is 13.2 Å². The lowest BCUT2D eigenvalue weighted by Crippen LogP contribution is -2.39. The molecule has 1 aromatic carbocycles. The van der Waals surface area contributed by atoms with Gasteiger partial charge < -0.3 is 5.32 Å². The Labute approximate surface area is 137 Å². The zero-order valence-electron chi connectivity index (χ0n) is 13.2. The van der Waals surface area contributed by atoms with Crippen LogP contribution >= 0.6 is 0 Å². The molecule has 0 spiro atoms. The Morgan fingerprint density at radius 1 is 1.17 bits per heavy atom. The summed E-state index contributed by atoms with van der Waals surface area (Å²) in [6.45, 7) is 1.42. The van der Waals surface area contributed by atoms with Crippen molar-refractivity contribution in [3.8, 4) is 0 Å². The molecule has 1 aliphatic rings. The van der Waals surface area contributed by atoms with Crippen LogP contribution in [0.1, 0.15) is 39.3 Å². The van der Waals surface area contributed by atoms with Crippen molar-refractivity contribution in [3.63, 3.8) is 0 Å². The maximum Gasteiger partial charge on any atom is 0.433 e. The summed E-state index contributed by atoms with van der Waals surface area (Å²) < 4.78 is 38.0. The normalized spacial score (nSPS) is 17.2. The molecule has 0 bridgehead atoms. The molecule has 1 amide bonds. The van der Waals surface area contributed by atoms with Gasteiger partial charge in [0, 0.05) is 6.04 Å². The van der Waals surface area contributed by atoms with Crippen molar-refractivity contribution in [3.05, 3.63) is 64.5 Å². The Balaban J connectivity index is 1.72. The van der Waals surface area contributed by atoms with Crippen LogP contribution in [-0.4, -0.2) is 16.9 Å². The number of fused-ring (bicyclic) bond motifs is 1. The average molecular weight is 334 g/mol. The number of rotatable bonds is 2. The second-order valence-electron chi connectivity index (χ2n) is 6.01. The van der Waals surface area contributed by atoms with E-state index in [0.717, 1.165) is 25.3 Å². The van der Waals surface area contributed by atoms with E-state index in [1.165, 1.54) is 24.1 Å². The number of aromatic nitrogens is 1. The molecule has 1 aliphatic carbocycles. The van der Waals surface area contributed by atoms with Crippen LogP contribution in [0.5, 0.6) is 0 Å². The summed E-state index contributed by atoms with van der Waals surface area (Å²) in [6, 6.07) is 10.1. The molecule has 24 heavy (non-hydrogen) atoms. The van der Waals surface area contributed by atoms with Gasteiger partial charge in [0.05, 0.1) is 11.3 Å². The second kappa shape index (κ2) is 6.26. The van der Waals surface area contributed by atoms with E-state index >= 15 is 0 Å². The van der Waals surface area contributed by atoms with E-state index in [9.17, 15) is 18.0 Å². The lowest BCUT2D eigenvalue weighted by atomic mass is 9.88. The quantitative estimate of drug-likeness (QED) is 0.910. The summed E-state index contributed by atoms with van der Waals surface area (Å²) in [5, 5.41) is 2.91. The third-order valence-electron chi connectivity index (χ3n) is 4.30. The summed E-state index contributed by atoms with van der Waals surface area (Å²) in [5.74, 6) is -0.377. The Morgan fingerprint density at radius 3 is 2.54 bits per heavy atom. The summed E-state index contributed by atoms with van der Waals surface area (Å²) in [6.07, 6.45) is -2.08. The Bertz CT molecular complexity index is 771. The topological polar surface area (TPSA) is 42.0 Å². The molecule has 1 N–H and O–H groups in total. The first kappa shape index (κ1) is 16.5. The molecule has 1 heterocycles. The van der Waals surface area contributed by atoms with Crippen LogP contribution in [0.25, 0.3) is 0 Å². The molecule has 1 aromatic heterocycles. The monoisotopic (exact) mass is 334 g/mol. The van der Waals surface area contributed by atoms with Crippen molar-refractivity contribution in [1.29, 1.82) is 0 Å². The van der Waals surface area contributed by atoms with Crippen LogP contribution < -0.4 is 5.32 Å². The third-order valence-corrected chi connectivity index (χ3v) is 4.30.